The summed E-state index contributed by atoms with van der Waals surface area (Å²) in [5, 5.41) is 0. The molecule has 13 heavy (non-hydrogen) atoms. The first kappa shape index (κ1) is 8.48. The first-order valence-electron chi connectivity index (χ1n) is 4.71. The molecule has 1 aliphatic rings. The fourth-order valence-electron chi connectivity index (χ4n) is 1.35. The van der Waals surface area contributed by atoms with Crippen LogP contribution in [0.3, 0.4) is 0 Å². The number of rotatable bonds is 3. The van der Waals surface area contributed by atoms with E-state index in [9.17, 15) is 0 Å². The SMILES string of the molecule is Cc1cncc(OC(C)C2CC2)n1. The highest BCUT2D eigenvalue weighted by Gasteiger charge is 2.29. The van der Waals surface area contributed by atoms with E-state index in [-0.39, 0.29) is 6.10 Å². The maximum atomic E-state index is 5.65. The summed E-state index contributed by atoms with van der Waals surface area (Å²) in [6, 6.07) is 0. The van der Waals surface area contributed by atoms with Gasteiger partial charge in [0, 0.05) is 6.20 Å². The van der Waals surface area contributed by atoms with Gasteiger partial charge in [0.15, 0.2) is 0 Å². The molecule has 3 nitrogen and oxygen atoms in total. The fourth-order valence-corrected chi connectivity index (χ4v) is 1.35. The zero-order valence-electron chi connectivity index (χ0n) is 8.03. The molecule has 1 saturated carbocycles. The van der Waals surface area contributed by atoms with Crippen molar-refractivity contribution in [2.24, 2.45) is 5.92 Å². The lowest BCUT2D eigenvalue weighted by Gasteiger charge is -2.12. The smallest absolute Gasteiger partial charge is 0.232 e. The highest BCUT2D eigenvalue weighted by molar-refractivity contribution is 5.07. The van der Waals surface area contributed by atoms with Crippen LogP contribution in [0, 0.1) is 12.8 Å². The van der Waals surface area contributed by atoms with Crippen LogP contribution in [-0.2, 0) is 0 Å². The molecule has 1 fully saturated rings. The molecule has 1 unspecified atom stereocenters. The molecule has 1 atom stereocenters. The number of hydrogen-bond acceptors (Lipinski definition) is 3. The van der Waals surface area contributed by atoms with Gasteiger partial charge in [-0.3, -0.25) is 4.98 Å². The summed E-state index contributed by atoms with van der Waals surface area (Å²) in [7, 11) is 0. The molecule has 70 valence electrons. The van der Waals surface area contributed by atoms with E-state index in [0.717, 1.165) is 11.6 Å². The lowest BCUT2D eigenvalue weighted by Crippen LogP contribution is -2.14. The summed E-state index contributed by atoms with van der Waals surface area (Å²) in [5.41, 5.74) is 0.903. The normalized spacial score (nSPS) is 18.3. The van der Waals surface area contributed by atoms with E-state index in [1.807, 2.05) is 6.92 Å². The van der Waals surface area contributed by atoms with Crippen LogP contribution in [0.5, 0.6) is 5.88 Å². The van der Waals surface area contributed by atoms with Crippen LogP contribution in [0.4, 0.5) is 0 Å². The zero-order chi connectivity index (χ0) is 9.26. The molecule has 1 aliphatic carbocycles. The van der Waals surface area contributed by atoms with Crippen LogP contribution in [0.25, 0.3) is 0 Å². The summed E-state index contributed by atoms with van der Waals surface area (Å²) in [6.45, 7) is 4.02. The monoisotopic (exact) mass is 178 g/mol. The van der Waals surface area contributed by atoms with Crippen molar-refractivity contribution in [3.63, 3.8) is 0 Å². The predicted octanol–water partition coefficient (Wildman–Crippen LogP) is 1.96. The van der Waals surface area contributed by atoms with Gasteiger partial charge in [0.05, 0.1) is 11.9 Å². The molecule has 0 bridgehead atoms. The van der Waals surface area contributed by atoms with Gasteiger partial charge < -0.3 is 4.74 Å². The first-order chi connectivity index (χ1) is 6.25. The van der Waals surface area contributed by atoms with Crippen LogP contribution in [0.15, 0.2) is 12.4 Å². The number of hydrogen-bond donors (Lipinski definition) is 0. The molecule has 0 aliphatic heterocycles. The van der Waals surface area contributed by atoms with Crippen molar-refractivity contribution in [1.82, 2.24) is 9.97 Å². The minimum absolute atomic E-state index is 0.288. The Kier molecular flexibility index (Phi) is 2.17. The first-order valence-corrected chi connectivity index (χ1v) is 4.71. The van der Waals surface area contributed by atoms with Crippen molar-refractivity contribution in [3.8, 4) is 5.88 Å². The summed E-state index contributed by atoms with van der Waals surface area (Å²) >= 11 is 0. The van der Waals surface area contributed by atoms with Gasteiger partial charge in [0.25, 0.3) is 0 Å². The van der Waals surface area contributed by atoms with Crippen LogP contribution in [0.1, 0.15) is 25.5 Å². The Balaban J connectivity index is 2.00. The van der Waals surface area contributed by atoms with E-state index in [0.29, 0.717) is 5.88 Å². The van der Waals surface area contributed by atoms with Crippen molar-refractivity contribution < 1.29 is 4.74 Å². The van der Waals surface area contributed by atoms with Gasteiger partial charge in [-0.2, -0.15) is 0 Å². The minimum atomic E-state index is 0.288. The third-order valence-corrected chi connectivity index (χ3v) is 2.33. The van der Waals surface area contributed by atoms with Crippen LogP contribution in [0.2, 0.25) is 0 Å². The predicted molar refractivity (Wildman–Crippen MR) is 49.6 cm³/mol. The van der Waals surface area contributed by atoms with E-state index >= 15 is 0 Å². The molecule has 0 spiro atoms. The summed E-state index contributed by atoms with van der Waals surface area (Å²) < 4.78 is 5.65. The maximum absolute atomic E-state index is 5.65. The number of nitrogens with zero attached hydrogens (tertiary/aromatic N) is 2. The Morgan fingerprint density at radius 3 is 2.85 bits per heavy atom. The standard InChI is InChI=1S/C10H14N2O/c1-7-5-11-6-10(12-7)13-8(2)9-3-4-9/h5-6,8-9H,3-4H2,1-2H3. The van der Waals surface area contributed by atoms with E-state index < -0.39 is 0 Å². The van der Waals surface area contributed by atoms with E-state index in [4.69, 9.17) is 4.74 Å². The lowest BCUT2D eigenvalue weighted by atomic mass is 10.3. The minimum Gasteiger partial charge on any atom is -0.473 e. The highest BCUT2D eigenvalue weighted by atomic mass is 16.5. The van der Waals surface area contributed by atoms with Crippen LogP contribution >= 0.6 is 0 Å². The molecular weight excluding hydrogens is 164 g/mol. The summed E-state index contributed by atoms with van der Waals surface area (Å²) in [4.78, 5) is 8.27. The Morgan fingerprint density at radius 1 is 1.46 bits per heavy atom. The molecule has 0 aromatic carbocycles. The third kappa shape index (κ3) is 2.17. The van der Waals surface area contributed by atoms with Crippen LogP contribution in [-0.4, -0.2) is 16.1 Å². The molecule has 0 N–H and O–H groups in total. The van der Waals surface area contributed by atoms with E-state index in [1.54, 1.807) is 12.4 Å². The third-order valence-electron chi connectivity index (χ3n) is 2.33. The lowest BCUT2D eigenvalue weighted by molar-refractivity contribution is 0.189. The van der Waals surface area contributed by atoms with Gasteiger partial charge in [-0.25, -0.2) is 4.98 Å². The summed E-state index contributed by atoms with van der Waals surface area (Å²) in [6.07, 6.45) is 6.28. The van der Waals surface area contributed by atoms with Gasteiger partial charge in [-0.15, -0.1) is 0 Å². The molecule has 0 saturated heterocycles. The largest absolute Gasteiger partial charge is 0.473 e. The molecule has 1 aromatic rings. The number of aromatic nitrogens is 2. The average Bonchev–Trinajstić information content (AvgIpc) is 2.85. The highest BCUT2D eigenvalue weighted by Crippen LogP contribution is 2.34. The summed E-state index contributed by atoms with van der Waals surface area (Å²) in [5.74, 6) is 1.39. The Bertz CT molecular complexity index is 297. The number of aryl methyl sites for hydroxylation is 1. The maximum Gasteiger partial charge on any atom is 0.232 e. The molecule has 0 amide bonds. The second kappa shape index (κ2) is 3.32. The molecular formula is C10H14N2O. The van der Waals surface area contributed by atoms with Crippen molar-refractivity contribution in [3.05, 3.63) is 18.1 Å². The molecule has 1 heterocycles. The Morgan fingerprint density at radius 2 is 2.23 bits per heavy atom. The quantitative estimate of drug-likeness (QED) is 0.709. The van der Waals surface area contributed by atoms with Gasteiger partial charge >= 0.3 is 0 Å². The Labute approximate surface area is 78.2 Å². The average molecular weight is 178 g/mol. The molecule has 3 heteroatoms. The van der Waals surface area contributed by atoms with E-state index in [1.165, 1.54) is 12.8 Å². The van der Waals surface area contributed by atoms with Crippen molar-refractivity contribution in [2.75, 3.05) is 0 Å². The fraction of sp³-hybridized carbons (Fsp3) is 0.600. The zero-order valence-corrected chi connectivity index (χ0v) is 8.03. The molecule has 1 aromatic heterocycles. The van der Waals surface area contributed by atoms with Gasteiger partial charge in [-0.05, 0) is 32.6 Å². The van der Waals surface area contributed by atoms with Gasteiger partial charge in [0.1, 0.15) is 6.10 Å². The van der Waals surface area contributed by atoms with Crippen molar-refractivity contribution in [1.29, 1.82) is 0 Å². The second-order valence-electron chi connectivity index (χ2n) is 3.66. The van der Waals surface area contributed by atoms with Gasteiger partial charge in [0.2, 0.25) is 5.88 Å². The molecule has 0 radical (unpaired) electrons. The second-order valence-corrected chi connectivity index (χ2v) is 3.66. The number of ether oxygens (including phenoxy) is 1. The van der Waals surface area contributed by atoms with Crippen molar-refractivity contribution in [2.45, 2.75) is 32.8 Å². The van der Waals surface area contributed by atoms with Gasteiger partial charge in [-0.1, -0.05) is 0 Å². The topological polar surface area (TPSA) is 35.0 Å². The van der Waals surface area contributed by atoms with E-state index in [2.05, 4.69) is 16.9 Å². The Hall–Kier alpha value is -1.12. The van der Waals surface area contributed by atoms with Crippen molar-refractivity contribution >= 4 is 0 Å². The molecule has 2 rings (SSSR count). The van der Waals surface area contributed by atoms with Crippen LogP contribution < -0.4 is 4.74 Å².